The highest BCUT2D eigenvalue weighted by molar-refractivity contribution is 5.78. The minimum Gasteiger partial charge on any atom is -0.494 e. The molecule has 0 spiro atoms. The maximum absolute atomic E-state index is 14.2. The summed E-state index contributed by atoms with van der Waals surface area (Å²) < 4.78 is 21.0. The second-order valence-electron chi connectivity index (χ2n) is 8.01. The van der Waals surface area contributed by atoms with Crippen LogP contribution < -0.4 is 10.4 Å². The van der Waals surface area contributed by atoms with Crippen molar-refractivity contribution in [1.82, 2.24) is 19.7 Å². The van der Waals surface area contributed by atoms with Gasteiger partial charge in [0.1, 0.15) is 17.4 Å². The van der Waals surface area contributed by atoms with Crippen LogP contribution in [-0.2, 0) is 17.6 Å². The number of hydrogen-bond donors (Lipinski definition) is 1. The molecule has 8 heteroatoms. The van der Waals surface area contributed by atoms with Crippen LogP contribution in [0.15, 0.2) is 53.3 Å². The summed E-state index contributed by atoms with van der Waals surface area (Å²) in [5, 5.41) is 6.56. The average molecular weight is 439 g/mol. The fraction of sp³-hybridized carbons (Fsp3) is 0.375. The van der Waals surface area contributed by atoms with E-state index >= 15 is 0 Å². The monoisotopic (exact) mass is 438 g/mol. The van der Waals surface area contributed by atoms with Crippen molar-refractivity contribution < 1.29 is 13.9 Å². The molecule has 0 radical (unpaired) electrons. The maximum Gasteiger partial charge on any atom is 0.348 e. The van der Waals surface area contributed by atoms with Crippen LogP contribution in [0, 0.1) is 11.7 Å². The lowest BCUT2D eigenvalue weighted by Crippen LogP contribution is -2.40. The summed E-state index contributed by atoms with van der Waals surface area (Å²) in [5.74, 6) is 1.23. The molecule has 1 N–H and O–H groups in total. The normalized spacial score (nSPS) is 14.5. The first-order valence-electron chi connectivity index (χ1n) is 11.0. The van der Waals surface area contributed by atoms with E-state index < -0.39 is 11.5 Å². The van der Waals surface area contributed by atoms with Gasteiger partial charge in [0, 0.05) is 19.5 Å². The molecule has 1 aliphatic rings. The van der Waals surface area contributed by atoms with Crippen LogP contribution in [0.5, 0.6) is 5.75 Å². The van der Waals surface area contributed by atoms with E-state index in [-0.39, 0.29) is 17.5 Å². The molecule has 3 aromatic rings. The quantitative estimate of drug-likeness (QED) is 0.615. The molecule has 32 heavy (non-hydrogen) atoms. The Morgan fingerprint density at radius 3 is 2.56 bits per heavy atom. The molecule has 2 aromatic carbocycles. The number of piperidine rings is 1. The highest BCUT2D eigenvalue weighted by atomic mass is 19.1. The zero-order chi connectivity index (χ0) is 22.5. The fourth-order valence-corrected chi connectivity index (χ4v) is 4.15. The van der Waals surface area contributed by atoms with Crippen LogP contribution in [0.2, 0.25) is 0 Å². The number of likely N-dealkylation sites (tertiary alicyclic amines) is 1. The number of hydrogen-bond acceptors (Lipinski definition) is 4. The second-order valence-corrected chi connectivity index (χ2v) is 8.01. The molecule has 0 bridgehead atoms. The van der Waals surface area contributed by atoms with Crippen LogP contribution in [-0.4, -0.2) is 45.3 Å². The van der Waals surface area contributed by atoms with E-state index in [0.29, 0.717) is 38.4 Å². The van der Waals surface area contributed by atoms with Gasteiger partial charge in [0.15, 0.2) is 0 Å². The first kappa shape index (κ1) is 21.8. The number of aromatic amines is 1. The Labute approximate surface area is 185 Å². The van der Waals surface area contributed by atoms with Crippen molar-refractivity contribution >= 4 is 5.91 Å². The molecule has 1 aliphatic heterocycles. The Morgan fingerprint density at radius 2 is 1.88 bits per heavy atom. The van der Waals surface area contributed by atoms with E-state index in [0.717, 1.165) is 24.2 Å². The molecule has 1 amide bonds. The van der Waals surface area contributed by atoms with Crippen LogP contribution >= 0.6 is 0 Å². The van der Waals surface area contributed by atoms with E-state index in [1.165, 1.54) is 10.6 Å². The van der Waals surface area contributed by atoms with Gasteiger partial charge in [-0.05, 0) is 55.5 Å². The Hall–Kier alpha value is -3.42. The van der Waals surface area contributed by atoms with Gasteiger partial charge in [-0.15, -0.1) is 0 Å². The predicted octanol–water partition coefficient (Wildman–Crippen LogP) is 3.12. The lowest BCUT2D eigenvalue weighted by molar-refractivity contribution is -0.131. The lowest BCUT2D eigenvalue weighted by atomic mass is 9.93. The molecule has 168 valence electrons. The molecule has 1 fully saturated rings. The van der Waals surface area contributed by atoms with E-state index in [4.69, 9.17) is 4.74 Å². The summed E-state index contributed by atoms with van der Waals surface area (Å²) in [6.07, 6.45) is 2.54. The molecule has 7 nitrogen and oxygen atoms in total. The third kappa shape index (κ3) is 4.90. The maximum atomic E-state index is 14.2. The van der Waals surface area contributed by atoms with Crippen molar-refractivity contribution in [3.63, 3.8) is 0 Å². The van der Waals surface area contributed by atoms with E-state index in [9.17, 15) is 14.0 Å². The minimum atomic E-state index is -0.466. The number of ether oxygens (including phenoxy) is 1. The topological polar surface area (TPSA) is 80.2 Å². The number of benzene rings is 2. The third-order valence-corrected chi connectivity index (χ3v) is 5.86. The minimum absolute atomic E-state index is 0.107. The molecular weight excluding hydrogens is 411 g/mol. The van der Waals surface area contributed by atoms with Gasteiger partial charge in [-0.2, -0.15) is 5.10 Å². The number of halogens is 1. The van der Waals surface area contributed by atoms with E-state index in [1.54, 1.807) is 18.2 Å². The van der Waals surface area contributed by atoms with Gasteiger partial charge in [-0.25, -0.2) is 18.9 Å². The molecule has 0 aliphatic carbocycles. The molecule has 0 atom stereocenters. The standard InChI is InChI=1S/C24H27FN4O3/c1-2-32-19-9-7-17(8-10-19)16-23(30)28-13-11-18(12-14-28)15-22-26-27-24(31)29(22)21-6-4-3-5-20(21)25/h3-10,18H,2,11-16H2,1H3,(H,27,31). The SMILES string of the molecule is CCOc1ccc(CC(=O)N2CCC(Cc3n[nH]c(=O)n3-c3ccccc3F)CC2)cc1. The number of rotatable bonds is 7. The van der Waals surface area contributed by atoms with Crippen molar-refractivity contribution in [2.24, 2.45) is 5.92 Å². The summed E-state index contributed by atoms with van der Waals surface area (Å²) in [6, 6.07) is 13.8. The number of para-hydroxylation sites is 1. The van der Waals surface area contributed by atoms with E-state index in [1.807, 2.05) is 36.1 Å². The summed E-state index contributed by atoms with van der Waals surface area (Å²) in [5.41, 5.74) is 0.711. The van der Waals surface area contributed by atoms with Gasteiger partial charge in [-0.3, -0.25) is 4.79 Å². The van der Waals surface area contributed by atoms with Crippen LogP contribution in [0.1, 0.15) is 31.2 Å². The van der Waals surface area contributed by atoms with Crippen molar-refractivity contribution in [2.75, 3.05) is 19.7 Å². The smallest absolute Gasteiger partial charge is 0.348 e. The van der Waals surface area contributed by atoms with Crippen molar-refractivity contribution in [2.45, 2.75) is 32.6 Å². The van der Waals surface area contributed by atoms with Gasteiger partial charge in [0.25, 0.3) is 0 Å². The molecule has 1 saturated heterocycles. The molecular formula is C24H27FN4O3. The number of aromatic nitrogens is 3. The Bertz CT molecular complexity index is 1110. The predicted molar refractivity (Wildman–Crippen MR) is 118 cm³/mol. The Kier molecular flexibility index (Phi) is 6.68. The summed E-state index contributed by atoms with van der Waals surface area (Å²) >= 11 is 0. The average Bonchev–Trinajstić information content (AvgIpc) is 3.16. The second kappa shape index (κ2) is 9.80. The van der Waals surface area contributed by atoms with Crippen molar-refractivity contribution in [3.8, 4) is 11.4 Å². The lowest BCUT2D eigenvalue weighted by Gasteiger charge is -2.32. The van der Waals surface area contributed by atoms with Crippen molar-refractivity contribution in [1.29, 1.82) is 0 Å². The highest BCUT2D eigenvalue weighted by Crippen LogP contribution is 2.23. The molecule has 4 rings (SSSR count). The van der Waals surface area contributed by atoms with E-state index in [2.05, 4.69) is 10.2 Å². The number of H-pyrrole nitrogens is 1. The molecule has 1 aromatic heterocycles. The summed E-state index contributed by atoms with van der Waals surface area (Å²) in [6.45, 7) is 3.87. The number of carbonyl (C=O) groups excluding carboxylic acids is 1. The van der Waals surface area contributed by atoms with Gasteiger partial charge < -0.3 is 9.64 Å². The first-order chi connectivity index (χ1) is 15.5. The summed E-state index contributed by atoms with van der Waals surface area (Å²) in [4.78, 5) is 26.8. The van der Waals surface area contributed by atoms with Crippen LogP contribution in [0.25, 0.3) is 5.69 Å². The zero-order valence-electron chi connectivity index (χ0n) is 18.1. The highest BCUT2D eigenvalue weighted by Gasteiger charge is 2.25. The summed E-state index contributed by atoms with van der Waals surface area (Å²) in [7, 11) is 0. The van der Waals surface area contributed by atoms with Crippen molar-refractivity contribution in [3.05, 3.63) is 76.2 Å². The fourth-order valence-electron chi connectivity index (χ4n) is 4.15. The molecule has 0 saturated carbocycles. The van der Waals surface area contributed by atoms with Crippen LogP contribution in [0.4, 0.5) is 4.39 Å². The molecule has 2 heterocycles. The van der Waals surface area contributed by atoms with Crippen LogP contribution in [0.3, 0.4) is 0 Å². The largest absolute Gasteiger partial charge is 0.494 e. The van der Waals surface area contributed by atoms with Gasteiger partial charge >= 0.3 is 5.69 Å². The first-order valence-corrected chi connectivity index (χ1v) is 11.0. The number of amides is 1. The Balaban J connectivity index is 1.34. The molecule has 0 unspecified atom stereocenters. The van der Waals surface area contributed by atoms with Gasteiger partial charge in [0.05, 0.1) is 18.7 Å². The van der Waals surface area contributed by atoms with Gasteiger partial charge in [-0.1, -0.05) is 24.3 Å². The Morgan fingerprint density at radius 1 is 1.16 bits per heavy atom. The number of nitrogens with zero attached hydrogens (tertiary/aromatic N) is 3. The zero-order valence-corrected chi connectivity index (χ0v) is 18.1. The van der Waals surface area contributed by atoms with Gasteiger partial charge in [0.2, 0.25) is 5.91 Å². The number of carbonyl (C=O) groups is 1. The number of nitrogens with one attached hydrogen (secondary N) is 1. The third-order valence-electron chi connectivity index (χ3n) is 5.86.